The molecule has 2 bridgehead atoms. The predicted molar refractivity (Wildman–Crippen MR) is 112 cm³/mol. The zero-order valence-corrected chi connectivity index (χ0v) is 17.1. The molecule has 29 heavy (non-hydrogen) atoms. The van der Waals surface area contributed by atoms with Gasteiger partial charge in [-0.1, -0.05) is 23.8 Å². The van der Waals surface area contributed by atoms with Crippen molar-refractivity contribution in [1.29, 1.82) is 0 Å². The molecule has 6 rings (SSSR count). The van der Waals surface area contributed by atoms with Crippen molar-refractivity contribution in [2.24, 2.45) is 5.92 Å². The lowest BCUT2D eigenvalue weighted by Gasteiger charge is -2.36. The number of allylic oxidation sites excluding steroid dienone is 3. The van der Waals surface area contributed by atoms with Crippen LogP contribution < -0.4 is 0 Å². The minimum atomic E-state index is 0.231. The molecular weight excluding hydrogens is 364 g/mol. The van der Waals surface area contributed by atoms with E-state index in [1.165, 1.54) is 24.8 Å². The Hall–Kier alpha value is -2.17. The first-order valence-electron chi connectivity index (χ1n) is 11.4. The summed E-state index contributed by atoms with van der Waals surface area (Å²) in [7, 11) is 0. The van der Waals surface area contributed by atoms with Crippen molar-refractivity contribution in [3.05, 3.63) is 34.9 Å². The smallest absolute Gasteiger partial charge is 0.222 e. The van der Waals surface area contributed by atoms with Gasteiger partial charge >= 0.3 is 0 Å². The van der Waals surface area contributed by atoms with Gasteiger partial charge in [-0.25, -0.2) is 0 Å². The second-order valence-electron chi connectivity index (χ2n) is 9.27. The van der Waals surface area contributed by atoms with Gasteiger partial charge in [0.05, 0.1) is 0 Å². The fourth-order valence-electron chi connectivity index (χ4n) is 5.93. The number of hydrogen-bond donors (Lipinski definition) is 2. The molecule has 0 saturated carbocycles. The van der Waals surface area contributed by atoms with Crippen molar-refractivity contribution < 1.29 is 15.0 Å². The summed E-state index contributed by atoms with van der Waals surface area (Å²) < 4.78 is 1.66. The van der Waals surface area contributed by atoms with Gasteiger partial charge in [-0.3, -0.25) is 9.36 Å². The molecule has 1 aromatic heterocycles. The van der Waals surface area contributed by atoms with Gasteiger partial charge in [0.25, 0.3) is 0 Å². The third-order valence-corrected chi connectivity index (χ3v) is 7.57. The van der Waals surface area contributed by atoms with Crippen molar-refractivity contribution in [2.75, 3.05) is 13.1 Å². The van der Waals surface area contributed by atoms with Crippen LogP contribution in [0.25, 0.3) is 0 Å². The lowest BCUT2D eigenvalue weighted by molar-refractivity contribution is -0.131. The molecule has 0 spiro atoms. The van der Waals surface area contributed by atoms with Crippen LogP contribution >= 0.6 is 0 Å². The van der Waals surface area contributed by atoms with Gasteiger partial charge in [0.2, 0.25) is 5.91 Å². The number of amides is 1. The largest absolute Gasteiger partial charge is 0.494 e. The van der Waals surface area contributed by atoms with Gasteiger partial charge in [0.1, 0.15) is 0 Å². The van der Waals surface area contributed by atoms with Gasteiger partial charge in [-0.2, -0.15) is 0 Å². The molecule has 2 N–H and O–H groups in total. The molecule has 1 aliphatic heterocycles. The highest BCUT2D eigenvalue weighted by Crippen LogP contribution is 2.53. The topological polar surface area (TPSA) is 65.7 Å². The van der Waals surface area contributed by atoms with Crippen LogP contribution in [0.1, 0.15) is 80.8 Å². The minimum absolute atomic E-state index is 0.231. The Kier molecular flexibility index (Phi) is 4.92. The molecule has 3 atom stereocenters. The second kappa shape index (κ2) is 7.58. The normalized spacial score (nSPS) is 27.5. The SMILES string of the molecule is O=C(CCCCn1c(O)c2c(c1O)C1C=CC2CC1)N1CCC2CCCC=C2C1. The standard InChI is InChI=1S/C24H32N2O3/c27-20(25-14-12-16-5-1-2-6-19(16)15-25)7-3-4-13-26-23(28)21-17-8-9-18(11-10-17)22(21)24(26)29/h6,8-9,16-18,28-29H,1-5,7,10-15H2. The number of aromatic hydroxyl groups is 2. The van der Waals surface area contributed by atoms with E-state index in [1.807, 2.05) is 4.90 Å². The van der Waals surface area contributed by atoms with E-state index in [2.05, 4.69) is 18.2 Å². The van der Waals surface area contributed by atoms with Crippen LogP contribution in [0.2, 0.25) is 0 Å². The molecular formula is C24H32N2O3. The number of likely N-dealkylation sites (tertiary alicyclic amines) is 1. The number of nitrogens with zero attached hydrogens (tertiary/aromatic N) is 2. The minimum Gasteiger partial charge on any atom is -0.494 e. The van der Waals surface area contributed by atoms with Crippen LogP contribution in [0.3, 0.4) is 0 Å². The van der Waals surface area contributed by atoms with E-state index in [1.54, 1.807) is 4.57 Å². The molecule has 1 fully saturated rings. The highest BCUT2D eigenvalue weighted by molar-refractivity contribution is 5.76. The molecule has 1 aromatic rings. The summed E-state index contributed by atoms with van der Waals surface area (Å²) in [5.74, 6) is 1.89. The summed E-state index contributed by atoms with van der Waals surface area (Å²) in [5.41, 5.74) is 3.34. The summed E-state index contributed by atoms with van der Waals surface area (Å²) in [4.78, 5) is 14.7. The number of piperidine rings is 1. The monoisotopic (exact) mass is 396 g/mol. The third-order valence-electron chi connectivity index (χ3n) is 7.57. The van der Waals surface area contributed by atoms with Crippen LogP contribution in [-0.4, -0.2) is 38.7 Å². The van der Waals surface area contributed by atoms with E-state index in [0.717, 1.165) is 56.3 Å². The molecule has 1 saturated heterocycles. The van der Waals surface area contributed by atoms with Crippen molar-refractivity contribution in [2.45, 2.75) is 76.2 Å². The van der Waals surface area contributed by atoms with Gasteiger partial charge < -0.3 is 15.1 Å². The molecule has 4 aliphatic carbocycles. The summed E-state index contributed by atoms with van der Waals surface area (Å²) in [6.07, 6.45) is 15.8. The molecule has 5 aliphatic rings. The third kappa shape index (κ3) is 3.28. The van der Waals surface area contributed by atoms with Crippen molar-refractivity contribution >= 4 is 5.91 Å². The number of fused-ring (bicyclic) bond motifs is 2. The van der Waals surface area contributed by atoms with E-state index in [4.69, 9.17) is 0 Å². The Morgan fingerprint density at radius 2 is 1.72 bits per heavy atom. The Labute approximate surface area is 172 Å². The number of aromatic nitrogens is 1. The van der Waals surface area contributed by atoms with E-state index >= 15 is 0 Å². The lowest BCUT2D eigenvalue weighted by Crippen LogP contribution is -2.40. The quantitative estimate of drug-likeness (QED) is 0.566. The summed E-state index contributed by atoms with van der Waals surface area (Å²) in [6.45, 7) is 2.28. The van der Waals surface area contributed by atoms with Crippen molar-refractivity contribution in [3.8, 4) is 11.8 Å². The number of carbonyl (C=O) groups is 1. The lowest BCUT2D eigenvalue weighted by atomic mass is 9.73. The van der Waals surface area contributed by atoms with Crippen LogP contribution in [0, 0.1) is 5.92 Å². The fraction of sp³-hybridized carbons (Fsp3) is 0.625. The number of hydrogen-bond acceptors (Lipinski definition) is 3. The maximum Gasteiger partial charge on any atom is 0.222 e. The van der Waals surface area contributed by atoms with Gasteiger partial charge in [0.15, 0.2) is 11.8 Å². The van der Waals surface area contributed by atoms with Crippen LogP contribution in [0.5, 0.6) is 11.8 Å². The fourth-order valence-corrected chi connectivity index (χ4v) is 5.93. The molecule has 5 heteroatoms. The first kappa shape index (κ1) is 18.8. The van der Waals surface area contributed by atoms with Crippen LogP contribution in [0.4, 0.5) is 0 Å². The molecule has 156 valence electrons. The Bertz CT molecular complexity index is 828. The van der Waals surface area contributed by atoms with E-state index in [-0.39, 0.29) is 29.5 Å². The molecule has 5 nitrogen and oxygen atoms in total. The van der Waals surface area contributed by atoms with Crippen molar-refractivity contribution in [1.82, 2.24) is 9.47 Å². The molecule has 1 amide bonds. The molecule has 3 unspecified atom stereocenters. The highest BCUT2D eigenvalue weighted by atomic mass is 16.3. The van der Waals surface area contributed by atoms with Crippen LogP contribution in [0.15, 0.2) is 23.8 Å². The summed E-state index contributed by atoms with van der Waals surface area (Å²) in [5, 5.41) is 21.4. The Morgan fingerprint density at radius 1 is 1.00 bits per heavy atom. The zero-order valence-electron chi connectivity index (χ0n) is 17.1. The van der Waals surface area contributed by atoms with E-state index < -0.39 is 0 Å². The summed E-state index contributed by atoms with van der Waals surface area (Å²) >= 11 is 0. The maximum absolute atomic E-state index is 12.7. The van der Waals surface area contributed by atoms with Gasteiger partial charge in [0, 0.05) is 49.0 Å². The average Bonchev–Trinajstić information content (AvgIpc) is 3.04. The predicted octanol–water partition coefficient (Wildman–Crippen LogP) is 4.56. The Balaban J connectivity index is 1.15. The van der Waals surface area contributed by atoms with E-state index in [9.17, 15) is 15.0 Å². The van der Waals surface area contributed by atoms with Gasteiger partial charge in [-0.05, 0) is 57.3 Å². The second-order valence-corrected chi connectivity index (χ2v) is 9.27. The Morgan fingerprint density at radius 3 is 2.41 bits per heavy atom. The zero-order chi connectivity index (χ0) is 20.0. The number of carbonyl (C=O) groups excluding carboxylic acids is 1. The average molecular weight is 397 g/mol. The first-order chi connectivity index (χ1) is 14.1. The van der Waals surface area contributed by atoms with E-state index in [0.29, 0.717) is 18.9 Å². The van der Waals surface area contributed by atoms with Gasteiger partial charge in [-0.15, -0.1) is 0 Å². The summed E-state index contributed by atoms with van der Waals surface area (Å²) in [6, 6.07) is 0. The molecule has 0 aromatic carbocycles. The molecule has 0 radical (unpaired) electrons. The molecule has 2 heterocycles. The van der Waals surface area contributed by atoms with Crippen LogP contribution in [-0.2, 0) is 11.3 Å². The first-order valence-corrected chi connectivity index (χ1v) is 11.4. The number of unbranched alkanes of at least 4 members (excludes halogenated alkanes) is 1. The van der Waals surface area contributed by atoms with Crippen molar-refractivity contribution in [3.63, 3.8) is 0 Å². The number of rotatable bonds is 5. The highest BCUT2D eigenvalue weighted by Gasteiger charge is 2.37. The maximum atomic E-state index is 12.7.